The molecule has 39 heavy (non-hydrogen) atoms. The van der Waals surface area contributed by atoms with Crippen molar-refractivity contribution < 1.29 is 4.79 Å². The average Bonchev–Trinajstić information content (AvgIpc) is 3.41. The Morgan fingerprint density at radius 2 is 1.08 bits per heavy atom. The molecule has 0 bridgehead atoms. The molecular weight excluding hydrogens is 498 g/mol. The van der Waals surface area contributed by atoms with Gasteiger partial charge in [0, 0.05) is 12.5 Å². The predicted octanol–water partition coefficient (Wildman–Crippen LogP) is 6.54. The van der Waals surface area contributed by atoms with Gasteiger partial charge in [-0.15, -0.1) is 0 Å². The van der Waals surface area contributed by atoms with E-state index in [0.717, 1.165) is 22.5 Å². The normalized spacial score (nSPS) is 16.8. The highest BCUT2D eigenvalue weighted by molar-refractivity contribution is 7.80. The van der Waals surface area contributed by atoms with Gasteiger partial charge in [-0.25, -0.2) is 0 Å². The maximum absolute atomic E-state index is 13.5. The third-order valence-electron chi connectivity index (χ3n) is 7.10. The minimum absolute atomic E-state index is 0.0143. The van der Waals surface area contributed by atoms with Gasteiger partial charge in [-0.2, -0.15) is 0 Å². The van der Waals surface area contributed by atoms with Crippen molar-refractivity contribution in [2.75, 3.05) is 0 Å². The topological polar surface area (TPSA) is 32.7 Å². The number of hydrogen-bond acceptors (Lipinski definition) is 2. The first-order chi connectivity index (χ1) is 19.2. The second-order valence-corrected chi connectivity index (χ2v) is 11.8. The molecule has 0 aliphatic carbocycles. The van der Waals surface area contributed by atoms with Crippen LogP contribution in [0, 0.1) is 0 Å². The second kappa shape index (κ2) is 11.2. The molecule has 5 aromatic carbocycles. The van der Waals surface area contributed by atoms with Crippen LogP contribution < -0.4 is 15.9 Å². The van der Waals surface area contributed by atoms with Crippen LogP contribution in [0.1, 0.15) is 35.7 Å². The monoisotopic (exact) mass is 527 g/mol. The number of nitrogens with zero attached hydrogens (tertiary/aromatic N) is 2. The number of rotatable bonds is 6. The van der Waals surface area contributed by atoms with Gasteiger partial charge in [0.05, 0.1) is 6.04 Å². The SMILES string of the molecule is C[13C](=O)[15N]1C(c2ccccc2P(c2ccccc2)c2ccccc2)=[15N][C@@H](c2ccccc2)[C@@H]1c1ccccc1. The zero-order chi connectivity index (χ0) is 26.6. The van der Waals surface area contributed by atoms with E-state index >= 15 is 0 Å². The van der Waals surface area contributed by atoms with E-state index in [1.165, 1.54) is 15.9 Å². The Hall–Kier alpha value is -4.33. The quantitative estimate of drug-likeness (QED) is 0.140. The highest BCUT2D eigenvalue weighted by Crippen LogP contribution is 2.44. The van der Waals surface area contributed by atoms with Crippen LogP contribution in [0.4, 0.5) is 0 Å². The lowest BCUT2D eigenvalue weighted by Crippen LogP contribution is -2.38. The first kappa shape index (κ1) is 25.0. The summed E-state index contributed by atoms with van der Waals surface area (Å²) in [5, 5.41) is 3.71. The molecule has 1 aliphatic rings. The van der Waals surface area contributed by atoms with Gasteiger partial charge in [0.25, 0.3) is 0 Å². The molecule has 1 heterocycles. The highest BCUT2D eigenvalue weighted by atomic mass is 31.1. The minimum atomic E-state index is -0.877. The molecule has 6 rings (SSSR count). The van der Waals surface area contributed by atoms with Gasteiger partial charge in [0.1, 0.15) is 11.9 Å². The van der Waals surface area contributed by atoms with Crippen LogP contribution in [0.3, 0.4) is 0 Å². The van der Waals surface area contributed by atoms with E-state index in [1.54, 1.807) is 6.92 Å². The summed E-state index contributed by atoms with van der Waals surface area (Å²) in [6, 6.07) is 50.0. The Labute approximate surface area is 231 Å². The summed E-state index contributed by atoms with van der Waals surface area (Å²) in [6.07, 6.45) is 0. The number of hydrogen-bond donors (Lipinski definition) is 0. The van der Waals surface area contributed by atoms with E-state index in [1.807, 2.05) is 41.3 Å². The van der Waals surface area contributed by atoms with Crippen molar-refractivity contribution in [3.63, 3.8) is 0 Å². The maximum atomic E-state index is 13.5. The molecule has 0 radical (unpaired) electrons. The molecule has 3 nitrogen and oxygen atoms in total. The smallest absolute Gasteiger partial charge is 0.225 e. The summed E-state index contributed by atoms with van der Waals surface area (Å²) in [7, 11) is -0.877. The fraction of sp³-hybridized carbons (Fsp3) is 0.0857. The van der Waals surface area contributed by atoms with Crippen LogP contribution in [0.25, 0.3) is 0 Å². The van der Waals surface area contributed by atoms with Crippen molar-refractivity contribution in [1.82, 2.24) is 4.90 Å². The molecule has 4 heteroatoms. The van der Waals surface area contributed by atoms with E-state index in [-0.39, 0.29) is 18.0 Å². The molecule has 0 aromatic heterocycles. The fourth-order valence-electron chi connectivity index (χ4n) is 5.41. The van der Waals surface area contributed by atoms with Crippen molar-refractivity contribution in [1.29, 1.82) is 0 Å². The van der Waals surface area contributed by atoms with Crippen LogP contribution in [0.5, 0.6) is 0 Å². The molecular formula is C35H29N2OP. The third-order valence-corrected chi connectivity index (χ3v) is 9.60. The van der Waals surface area contributed by atoms with E-state index < -0.39 is 7.92 Å². The van der Waals surface area contributed by atoms with Crippen molar-refractivity contribution in [2.45, 2.75) is 19.0 Å². The van der Waals surface area contributed by atoms with Gasteiger partial charge >= 0.3 is 0 Å². The van der Waals surface area contributed by atoms with Crippen LogP contribution in [0.15, 0.2) is 151 Å². The van der Waals surface area contributed by atoms with Gasteiger partial charge in [0.2, 0.25) is 5.91 Å². The molecule has 0 unspecified atom stereocenters. The molecule has 190 valence electrons. The van der Waals surface area contributed by atoms with E-state index in [0.29, 0.717) is 0 Å². The molecule has 2 atom stereocenters. The molecule has 0 fully saturated rings. The second-order valence-electron chi connectivity index (χ2n) is 9.58. The lowest BCUT2D eigenvalue weighted by atomic mass is 9.97. The number of benzene rings is 5. The Kier molecular flexibility index (Phi) is 7.17. The molecule has 5 aromatic rings. The van der Waals surface area contributed by atoms with Gasteiger partial charge < -0.3 is 0 Å². The van der Waals surface area contributed by atoms with E-state index in [4.69, 9.17) is 4.99 Å². The Morgan fingerprint density at radius 1 is 0.615 bits per heavy atom. The third kappa shape index (κ3) is 4.94. The van der Waals surface area contributed by atoms with Gasteiger partial charge in [-0.3, -0.25) is 14.7 Å². The molecule has 1 aliphatic heterocycles. The highest BCUT2D eigenvalue weighted by Gasteiger charge is 2.41. The summed E-state index contributed by atoms with van der Waals surface area (Å²) in [6.45, 7) is 1.65. The molecule has 0 saturated carbocycles. The van der Waals surface area contributed by atoms with Crippen LogP contribution >= 0.6 is 7.92 Å². The zero-order valence-electron chi connectivity index (χ0n) is 21.8. The number of amidine groups is 1. The fourth-order valence-corrected chi connectivity index (χ4v) is 7.86. The summed E-state index contributed by atoms with van der Waals surface area (Å²) >= 11 is 0. The lowest BCUT2D eigenvalue weighted by molar-refractivity contribution is -0.126. The maximum Gasteiger partial charge on any atom is 0.225 e. The largest absolute Gasteiger partial charge is 0.287 e. The molecule has 0 saturated heterocycles. The first-order valence-corrected chi connectivity index (χ1v) is 14.5. The van der Waals surface area contributed by atoms with E-state index in [9.17, 15) is 4.79 Å². The van der Waals surface area contributed by atoms with Crippen LogP contribution in [-0.2, 0) is 4.79 Å². The Balaban J connectivity index is 1.56. The Bertz CT molecular complexity index is 1550. The average molecular weight is 528 g/mol. The number of amides is 1. The van der Waals surface area contributed by atoms with Crippen molar-refractivity contribution >= 4 is 35.6 Å². The summed E-state index contributed by atoms with van der Waals surface area (Å²) in [5.74, 6) is 0.722. The van der Waals surface area contributed by atoms with Gasteiger partial charge in [-0.05, 0) is 35.0 Å². The van der Waals surface area contributed by atoms with Gasteiger partial charge in [-0.1, -0.05) is 146 Å². The predicted molar refractivity (Wildman–Crippen MR) is 163 cm³/mol. The van der Waals surface area contributed by atoms with Crippen molar-refractivity contribution in [2.24, 2.45) is 4.99 Å². The summed E-state index contributed by atoms with van der Waals surface area (Å²) < 4.78 is 0. The number of aliphatic imine (C=N–C) groups is 1. The molecule has 0 N–H and O–H groups in total. The number of carbonyl (C=O) groups is 1. The van der Waals surface area contributed by atoms with Crippen molar-refractivity contribution in [3.05, 3.63) is 162 Å². The lowest BCUT2D eigenvalue weighted by Gasteiger charge is -2.30. The van der Waals surface area contributed by atoms with E-state index in [2.05, 4.69) is 109 Å². The molecule has 1 amide bonds. The van der Waals surface area contributed by atoms with Crippen molar-refractivity contribution in [3.8, 4) is 0 Å². The summed E-state index contributed by atoms with van der Waals surface area (Å²) in [4.78, 5) is 20.7. The zero-order valence-corrected chi connectivity index (χ0v) is 22.7. The number of carbonyl (C=O) groups excluding carboxylic acids is 1. The first-order valence-electron chi connectivity index (χ1n) is 13.2. The van der Waals surface area contributed by atoms with Crippen LogP contribution in [0.2, 0.25) is 0 Å². The standard InChI is InChI=1S/C35H29N2OP/c1-26(38)37-34(28-18-8-3-9-19-28)33(27-16-6-2-7-17-27)36-35(37)31-24-14-15-25-32(31)39(29-20-10-4-11-21-29)30-22-12-5-13-23-30/h2-25,33-34H,1H3/t33-,34-/m0/s1/i26+1,36+1,37+1. The Morgan fingerprint density at radius 3 is 1.62 bits per heavy atom. The molecule has 0 spiro atoms. The van der Waals surface area contributed by atoms with Gasteiger partial charge in [0.15, 0.2) is 0 Å². The van der Waals surface area contributed by atoms with Crippen LogP contribution in [-0.4, -0.2) is 16.6 Å². The minimum Gasteiger partial charge on any atom is -0.287 e. The summed E-state index contributed by atoms with van der Waals surface area (Å²) in [5.41, 5.74) is 3.18.